The molecule has 0 saturated carbocycles. The predicted molar refractivity (Wildman–Crippen MR) is 71.4 cm³/mol. The van der Waals surface area contributed by atoms with E-state index in [1.54, 1.807) is 12.4 Å². The Balaban J connectivity index is 2.22. The van der Waals surface area contributed by atoms with Crippen molar-refractivity contribution < 1.29 is 4.79 Å². The van der Waals surface area contributed by atoms with Crippen LogP contribution in [0.15, 0.2) is 18.5 Å². The molecule has 0 spiro atoms. The summed E-state index contributed by atoms with van der Waals surface area (Å²) < 4.78 is 0.235. The fraction of sp³-hybridized carbons (Fsp3) is 0.200. The van der Waals surface area contributed by atoms with E-state index in [0.717, 1.165) is 17.0 Å². The van der Waals surface area contributed by atoms with Crippen molar-refractivity contribution in [2.75, 3.05) is 24.3 Å². The number of hydrogen-bond acceptors (Lipinski definition) is 6. The number of pyridine rings is 1. The first kappa shape index (κ1) is 12.7. The van der Waals surface area contributed by atoms with Crippen LogP contribution in [0.2, 0.25) is 4.47 Å². The summed E-state index contributed by atoms with van der Waals surface area (Å²) in [7, 11) is 3.76. The largest absolute Gasteiger partial charge is 0.376 e. The lowest BCUT2D eigenvalue weighted by atomic mass is 10.3. The Morgan fingerprint density at radius 1 is 1.44 bits per heavy atom. The molecule has 0 saturated heterocycles. The SMILES string of the molecule is CN(C)c1ccncc1NC(=O)c1nnc(Cl)s1. The van der Waals surface area contributed by atoms with Crippen LogP contribution < -0.4 is 10.2 Å². The first-order valence-electron chi connectivity index (χ1n) is 4.99. The molecule has 0 aliphatic carbocycles. The molecule has 6 nitrogen and oxygen atoms in total. The molecule has 0 radical (unpaired) electrons. The molecule has 1 N–H and O–H groups in total. The van der Waals surface area contributed by atoms with Crippen molar-refractivity contribution in [3.63, 3.8) is 0 Å². The molecule has 0 aliphatic heterocycles. The average Bonchev–Trinajstić information content (AvgIpc) is 2.76. The highest BCUT2D eigenvalue weighted by atomic mass is 35.5. The van der Waals surface area contributed by atoms with Crippen molar-refractivity contribution in [1.29, 1.82) is 0 Å². The molecule has 0 atom stereocenters. The highest BCUT2D eigenvalue weighted by Gasteiger charge is 2.14. The first-order chi connectivity index (χ1) is 8.58. The van der Waals surface area contributed by atoms with Crippen LogP contribution >= 0.6 is 22.9 Å². The Kier molecular flexibility index (Phi) is 3.73. The second-order valence-corrected chi connectivity index (χ2v) is 5.16. The third kappa shape index (κ3) is 2.74. The summed E-state index contributed by atoms with van der Waals surface area (Å²) in [6, 6.07) is 1.81. The van der Waals surface area contributed by atoms with E-state index < -0.39 is 0 Å². The second-order valence-electron chi connectivity index (χ2n) is 3.60. The Bertz CT molecular complexity index is 571. The molecule has 0 bridgehead atoms. The zero-order valence-corrected chi connectivity index (χ0v) is 11.3. The van der Waals surface area contributed by atoms with Gasteiger partial charge in [-0.3, -0.25) is 9.78 Å². The van der Waals surface area contributed by atoms with Gasteiger partial charge in [-0.25, -0.2) is 0 Å². The van der Waals surface area contributed by atoms with Crippen LogP contribution in [0.4, 0.5) is 11.4 Å². The van der Waals surface area contributed by atoms with Crippen LogP contribution in [-0.4, -0.2) is 35.2 Å². The molecule has 94 valence electrons. The number of nitrogens with one attached hydrogen (secondary N) is 1. The van der Waals surface area contributed by atoms with E-state index in [9.17, 15) is 4.79 Å². The number of hydrogen-bond donors (Lipinski definition) is 1. The first-order valence-corrected chi connectivity index (χ1v) is 6.19. The lowest BCUT2D eigenvalue weighted by molar-refractivity contribution is 0.102. The number of rotatable bonds is 3. The van der Waals surface area contributed by atoms with E-state index in [0.29, 0.717) is 5.69 Å². The predicted octanol–water partition coefficient (Wildman–Crippen LogP) is 1.90. The molecule has 2 heterocycles. The van der Waals surface area contributed by atoms with Crippen LogP contribution in [-0.2, 0) is 0 Å². The zero-order valence-electron chi connectivity index (χ0n) is 9.72. The number of aromatic nitrogens is 3. The lowest BCUT2D eigenvalue weighted by Gasteiger charge is -2.16. The molecular formula is C10H10ClN5OS. The number of nitrogens with zero attached hydrogens (tertiary/aromatic N) is 4. The van der Waals surface area contributed by atoms with Crippen LogP contribution in [0.5, 0.6) is 0 Å². The molecule has 8 heteroatoms. The van der Waals surface area contributed by atoms with E-state index in [1.807, 2.05) is 25.1 Å². The van der Waals surface area contributed by atoms with Crippen LogP contribution in [0.25, 0.3) is 0 Å². The highest BCUT2D eigenvalue weighted by molar-refractivity contribution is 7.17. The molecule has 2 rings (SSSR count). The summed E-state index contributed by atoms with van der Waals surface area (Å²) in [5.41, 5.74) is 1.47. The average molecular weight is 284 g/mol. The maximum atomic E-state index is 11.9. The molecular weight excluding hydrogens is 274 g/mol. The Morgan fingerprint density at radius 2 is 2.22 bits per heavy atom. The number of carbonyl (C=O) groups excluding carboxylic acids is 1. The summed E-state index contributed by atoms with van der Waals surface area (Å²) in [6.45, 7) is 0. The Labute approximate surface area is 113 Å². The Morgan fingerprint density at radius 3 is 2.83 bits per heavy atom. The minimum Gasteiger partial charge on any atom is -0.376 e. The van der Waals surface area contributed by atoms with Crippen molar-refractivity contribution in [1.82, 2.24) is 15.2 Å². The number of anilines is 2. The van der Waals surface area contributed by atoms with Crippen molar-refractivity contribution in [3.8, 4) is 0 Å². The van der Waals surface area contributed by atoms with Gasteiger partial charge in [-0.15, -0.1) is 10.2 Å². The maximum Gasteiger partial charge on any atom is 0.286 e. The fourth-order valence-corrected chi connectivity index (χ4v) is 2.07. The van der Waals surface area contributed by atoms with Gasteiger partial charge in [0, 0.05) is 20.3 Å². The van der Waals surface area contributed by atoms with Gasteiger partial charge in [0.15, 0.2) is 0 Å². The standard InChI is InChI=1S/C10H10ClN5OS/c1-16(2)7-3-4-12-5-6(7)13-8(17)9-14-15-10(11)18-9/h3-5H,1-2H3,(H,13,17). The molecule has 0 aromatic carbocycles. The molecule has 18 heavy (non-hydrogen) atoms. The van der Waals surface area contributed by atoms with E-state index >= 15 is 0 Å². The quantitative estimate of drug-likeness (QED) is 0.932. The van der Waals surface area contributed by atoms with Crippen molar-refractivity contribution in [2.45, 2.75) is 0 Å². The summed E-state index contributed by atoms with van der Waals surface area (Å²) in [5.74, 6) is -0.351. The van der Waals surface area contributed by atoms with Crippen molar-refractivity contribution >= 4 is 40.2 Å². The minimum absolute atomic E-state index is 0.216. The lowest BCUT2D eigenvalue weighted by Crippen LogP contribution is -2.16. The summed E-state index contributed by atoms with van der Waals surface area (Å²) in [6.07, 6.45) is 3.24. The number of halogens is 1. The summed E-state index contributed by atoms with van der Waals surface area (Å²) >= 11 is 6.66. The van der Waals surface area contributed by atoms with Crippen LogP contribution in [0.1, 0.15) is 9.80 Å². The molecule has 0 aliphatic rings. The van der Waals surface area contributed by atoms with Gasteiger partial charge in [0.05, 0.1) is 17.6 Å². The number of amides is 1. The monoisotopic (exact) mass is 283 g/mol. The zero-order chi connectivity index (χ0) is 13.1. The van der Waals surface area contributed by atoms with Gasteiger partial charge in [0.25, 0.3) is 5.91 Å². The van der Waals surface area contributed by atoms with Crippen LogP contribution in [0.3, 0.4) is 0 Å². The van der Waals surface area contributed by atoms with Gasteiger partial charge in [-0.1, -0.05) is 11.3 Å². The number of carbonyl (C=O) groups is 1. The molecule has 1 amide bonds. The smallest absolute Gasteiger partial charge is 0.286 e. The highest BCUT2D eigenvalue weighted by Crippen LogP contribution is 2.23. The van der Waals surface area contributed by atoms with E-state index in [-0.39, 0.29) is 15.4 Å². The molecule has 2 aromatic rings. The van der Waals surface area contributed by atoms with E-state index in [1.165, 1.54) is 0 Å². The normalized spacial score (nSPS) is 10.2. The van der Waals surface area contributed by atoms with Crippen LogP contribution in [0, 0.1) is 0 Å². The third-order valence-electron chi connectivity index (χ3n) is 2.12. The van der Waals surface area contributed by atoms with E-state index in [2.05, 4.69) is 20.5 Å². The summed E-state index contributed by atoms with van der Waals surface area (Å²) in [4.78, 5) is 17.8. The van der Waals surface area contributed by atoms with Gasteiger partial charge in [0.1, 0.15) is 0 Å². The van der Waals surface area contributed by atoms with Crippen molar-refractivity contribution in [3.05, 3.63) is 27.9 Å². The molecule has 0 unspecified atom stereocenters. The Hall–Kier alpha value is -1.73. The van der Waals surface area contributed by atoms with Gasteiger partial charge < -0.3 is 10.2 Å². The van der Waals surface area contributed by atoms with Gasteiger partial charge in [-0.05, 0) is 17.7 Å². The van der Waals surface area contributed by atoms with Crippen molar-refractivity contribution in [2.24, 2.45) is 0 Å². The minimum atomic E-state index is -0.351. The van der Waals surface area contributed by atoms with E-state index in [4.69, 9.17) is 11.6 Å². The molecule has 2 aromatic heterocycles. The fourth-order valence-electron chi connectivity index (χ4n) is 1.35. The molecule has 0 fully saturated rings. The van der Waals surface area contributed by atoms with Gasteiger partial charge >= 0.3 is 0 Å². The topological polar surface area (TPSA) is 71.0 Å². The summed E-state index contributed by atoms with van der Waals surface area (Å²) in [5, 5.41) is 10.2. The van der Waals surface area contributed by atoms with Gasteiger partial charge in [-0.2, -0.15) is 0 Å². The maximum absolute atomic E-state index is 11.9. The van der Waals surface area contributed by atoms with Gasteiger partial charge in [0.2, 0.25) is 9.47 Å². The third-order valence-corrected chi connectivity index (χ3v) is 3.14. The second kappa shape index (κ2) is 5.28.